The summed E-state index contributed by atoms with van der Waals surface area (Å²) in [6.45, 7) is 3.81. The van der Waals surface area contributed by atoms with Gasteiger partial charge >= 0.3 is 0 Å². The van der Waals surface area contributed by atoms with Crippen LogP contribution in [0.15, 0.2) is 0 Å². The average molecular weight is 252 g/mol. The molecule has 1 atom stereocenters. The molecule has 1 saturated heterocycles. The topological polar surface area (TPSA) is 20.3 Å². The number of hydrogen-bond acceptors (Lipinski definition) is 3. The zero-order chi connectivity index (χ0) is 8.97. The van der Waals surface area contributed by atoms with E-state index in [9.17, 15) is 4.79 Å². The van der Waals surface area contributed by atoms with E-state index in [1.807, 2.05) is 0 Å². The second kappa shape index (κ2) is 5.25. The number of alkyl halides is 1. The van der Waals surface area contributed by atoms with E-state index in [1.54, 1.807) is 0 Å². The van der Waals surface area contributed by atoms with Crippen molar-refractivity contribution in [1.82, 2.24) is 4.90 Å². The highest BCUT2D eigenvalue weighted by Gasteiger charge is 2.26. The van der Waals surface area contributed by atoms with E-state index in [4.69, 9.17) is 0 Å². The summed E-state index contributed by atoms with van der Waals surface area (Å²) in [7, 11) is 0. The Morgan fingerprint density at radius 3 is 2.92 bits per heavy atom. The van der Waals surface area contributed by atoms with Gasteiger partial charge in [-0.2, -0.15) is 0 Å². The van der Waals surface area contributed by atoms with Gasteiger partial charge in [-0.15, -0.1) is 0 Å². The fourth-order valence-corrected chi connectivity index (χ4v) is 2.61. The van der Waals surface area contributed by atoms with E-state index in [2.05, 4.69) is 27.8 Å². The first-order valence-corrected chi connectivity index (χ1v) is 6.23. The van der Waals surface area contributed by atoms with Crippen molar-refractivity contribution in [2.75, 3.05) is 18.4 Å². The number of halogens is 1. The van der Waals surface area contributed by atoms with E-state index >= 15 is 0 Å². The van der Waals surface area contributed by atoms with Gasteiger partial charge in [0.1, 0.15) is 0 Å². The molecular weight excluding hydrogens is 238 g/mol. The van der Waals surface area contributed by atoms with Gasteiger partial charge in [0.15, 0.2) is 0 Å². The Kier molecular flexibility index (Phi) is 4.61. The molecule has 0 spiro atoms. The quantitative estimate of drug-likeness (QED) is 0.564. The maximum atomic E-state index is 11.0. The van der Waals surface area contributed by atoms with Crippen LogP contribution in [0.25, 0.3) is 0 Å². The van der Waals surface area contributed by atoms with Gasteiger partial charge in [-0.3, -0.25) is 9.69 Å². The molecule has 0 N–H and O–H groups in total. The van der Waals surface area contributed by atoms with Crippen LogP contribution in [0.4, 0.5) is 0 Å². The SMILES string of the molecule is CC1SC(=O)CN1CCCCBr. The van der Waals surface area contributed by atoms with Gasteiger partial charge < -0.3 is 0 Å². The van der Waals surface area contributed by atoms with E-state index in [1.165, 1.54) is 24.6 Å². The van der Waals surface area contributed by atoms with Crippen molar-refractivity contribution in [3.63, 3.8) is 0 Å². The third kappa shape index (κ3) is 3.07. The normalized spacial score (nSPS) is 25.2. The van der Waals surface area contributed by atoms with Crippen LogP contribution in [-0.2, 0) is 4.79 Å². The summed E-state index contributed by atoms with van der Waals surface area (Å²) >= 11 is 4.86. The Hall–Kier alpha value is 0.460. The molecule has 12 heavy (non-hydrogen) atoms. The van der Waals surface area contributed by atoms with E-state index < -0.39 is 0 Å². The van der Waals surface area contributed by atoms with Crippen molar-refractivity contribution in [2.24, 2.45) is 0 Å². The smallest absolute Gasteiger partial charge is 0.204 e. The maximum Gasteiger partial charge on any atom is 0.204 e. The lowest BCUT2D eigenvalue weighted by atomic mass is 10.3. The van der Waals surface area contributed by atoms with Gasteiger partial charge in [-0.05, 0) is 26.3 Å². The molecule has 1 aliphatic heterocycles. The van der Waals surface area contributed by atoms with Crippen molar-refractivity contribution < 1.29 is 4.79 Å². The fourth-order valence-electron chi connectivity index (χ4n) is 1.27. The Morgan fingerprint density at radius 2 is 2.42 bits per heavy atom. The minimum atomic E-state index is 0.321. The maximum absolute atomic E-state index is 11.0. The molecule has 0 saturated carbocycles. The fraction of sp³-hybridized carbons (Fsp3) is 0.875. The van der Waals surface area contributed by atoms with Crippen LogP contribution in [0.5, 0.6) is 0 Å². The molecule has 4 heteroatoms. The number of carbonyl (C=O) groups is 1. The van der Waals surface area contributed by atoms with E-state index in [0.717, 1.165) is 11.9 Å². The van der Waals surface area contributed by atoms with Gasteiger partial charge in [0.25, 0.3) is 0 Å². The van der Waals surface area contributed by atoms with Crippen LogP contribution < -0.4 is 0 Å². The summed E-state index contributed by atoms with van der Waals surface area (Å²) < 4.78 is 0. The second-order valence-electron chi connectivity index (χ2n) is 2.96. The summed E-state index contributed by atoms with van der Waals surface area (Å²) in [4.78, 5) is 13.3. The molecule has 1 rings (SSSR count). The van der Waals surface area contributed by atoms with Gasteiger partial charge in [0, 0.05) is 5.33 Å². The summed E-state index contributed by atoms with van der Waals surface area (Å²) in [5.74, 6) is 0. The molecule has 1 aliphatic rings. The number of hydrogen-bond donors (Lipinski definition) is 0. The minimum absolute atomic E-state index is 0.321. The van der Waals surface area contributed by atoms with Crippen LogP contribution >= 0.6 is 27.7 Å². The number of unbranched alkanes of at least 4 members (excludes halogenated alkanes) is 1. The average Bonchev–Trinajstić information content (AvgIpc) is 2.31. The van der Waals surface area contributed by atoms with E-state index in [0.29, 0.717) is 17.0 Å². The zero-order valence-electron chi connectivity index (χ0n) is 7.25. The first-order valence-electron chi connectivity index (χ1n) is 4.23. The lowest BCUT2D eigenvalue weighted by Crippen LogP contribution is -2.27. The molecule has 1 fully saturated rings. The first kappa shape index (κ1) is 10.5. The first-order chi connectivity index (χ1) is 5.74. The van der Waals surface area contributed by atoms with Gasteiger partial charge in [0.05, 0.1) is 11.9 Å². The Balaban J connectivity index is 2.19. The number of thioether (sulfide) groups is 1. The second-order valence-corrected chi connectivity index (χ2v) is 5.12. The summed E-state index contributed by atoms with van der Waals surface area (Å²) in [5.41, 5.74) is 0. The van der Waals surface area contributed by atoms with Crippen molar-refractivity contribution in [3.8, 4) is 0 Å². The van der Waals surface area contributed by atoms with Gasteiger partial charge in [0.2, 0.25) is 5.12 Å². The summed E-state index contributed by atoms with van der Waals surface area (Å²) in [6, 6.07) is 0. The van der Waals surface area contributed by atoms with E-state index in [-0.39, 0.29) is 0 Å². The molecular formula is C8H14BrNOS. The monoisotopic (exact) mass is 251 g/mol. The third-order valence-corrected chi connectivity index (χ3v) is 3.57. The summed E-state index contributed by atoms with van der Waals surface area (Å²) in [6.07, 6.45) is 2.38. The third-order valence-electron chi connectivity index (χ3n) is 1.98. The van der Waals surface area contributed by atoms with Crippen molar-refractivity contribution in [3.05, 3.63) is 0 Å². The van der Waals surface area contributed by atoms with Crippen molar-refractivity contribution in [2.45, 2.75) is 25.1 Å². The molecule has 1 heterocycles. The molecule has 1 unspecified atom stereocenters. The van der Waals surface area contributed by atoms with Crippen LogP contribution in [-0.4, -0.2) is 33.8 Å². The standard InChI is InChI=1S/C8H14BrNOS/c1-7-10(5-3-2-4-9)6-8(11)12-7/h7H,2-6H2,1H3. The molecule has 70 valence electrons. The number of nitrogens with zero attached hydrogens (tertiary/aromatic N) is 1. The van der Waals surface area contributed by atoms with Crippen LogP contribution in [0.3, 0.4) is 0 Å². The Morgan fingerprint density at radius 1 is 1.67 bits per heavy atom. The molecule has 0 aromatic heterocycles. The van der Waals surface area contributed by atoms with Crippen LogP contribution in [0.1, 0.15) is 19.8 Å². The Bertz CT molecular complexity index is 165. The predicted molar refractivity (Wildman–Crippen MR) is 56.7 cm³/mol. The van der Waals surface area contributed by atoms with Crippen molar-refractivity contribution >= 4 is 32.8 Å². The van der Waals surface area contributed by atoms with Gasteiger partial charge in [-0.25, -0.2) is 0 Å². The number of carbonyl (C=O) groups excluding carboxylic acids is 1. The molecule has 0 bridgehead atoms. The number of rotatable bonds is 4. The molecule has 0 aliphatic carbocycles. The highest BCUT2D eigenvalue weighted by Crippen LogP contribution is 2.24. The van der Waals surface area contributed by atoms with Crippen molar-refractivity contribution in [1.29, 1.82) is 0 Å². The lowest BCUT2D eigenvalue weighted by molar-refractivity contribution is -0.111. The minimum Gasteiger partial charge on any atom is -0.286 e. The zero-order valence-corrected chi connectivity index (χ0v) is 9.66. The van der Waals surface area contributed by atoms with Gasteiger partial charge in [-0.1, -0.05) is 27.7 Å². The summed E-state index contributed by atoms with van der Waals surface area (Å²) in [5, 5.41) is 1.78. The molecule has 0 aromatic carbocycles. The van der Waals surface area contributed by atoms with Crippen LogP contribution in [0.2, 0.25) is 0 Å². The molecule has 2 nitrogen and oxygen atoms in total. The lowest BCUT2D eigenvalue weighted by Gasteiger charge is -2.17. The largest absolute Gasteiger partial charge is 0.286 e. The molecule has 0 amide bonds. The molecule has 0 aromatic rings. The van der Waals surface area contributed by atoms with Crippen LogP contribution in [0, 0.1) is 0 Å². The molecule has 0 radical (unpaired) electrons. The highest BCUT2D eigenvalue weighted by molar-refractivity contribution is 9.09. The Labute approximate surface area is 86.2 Å². The predicted octanol–water partition coefficient (Wildman–Crippen LogP) is 2.08. The highest BCUT2D eigenvalue weighted by atomic mass is 79.9.